The topological polar surface area (TPSA) is 65.1 Å². The van der Waals surface area contributed by atoms with E-state index < -0.39 is 0 Å². The Labute approximate surface area is 114 Å². The maximum Gasteiger partial charge on any atom is 0.115 e. The third kappa shape index (κ3) is 3.45. The van der Waals surface area contributed by atoms with Gasteiger partial charge in [-0.05, 0) is 18.0 Å². The van der Waals surface area contributed by atoms with Gasteiger partial charge in [0.15, 0.2) is 0 Å². The molecule has 0 aliphatic carbocycles. The van der Waals surface area contributed by atoms with E-state index in [0.29, 0.717) is 18.3 Å². The molecule has 1 aliphatic rings. The molecule has 1 fully saturated rings. The van der Waals surface area contributed by atoms with E-state index in [1.54, 1.807) is 5.01 Å². The summed E-state index contributed by atoms with van der Waals surface area (Å²) in [5.74, 6) is 7.24. The second-order valence-corrected chi connectivity index (χ2v) is 4.74. The average Bonchev–Trinajstić information content (AvgIpc) is 2.76. The highest BCUT2D eigenvalue weighted by atomic mass is 35.5. The summed E-state index contributed by atoms with van der Waals surface area (Å²) in [4.78, 5) is 0. The summed E-state index contributed by atoms with van der Waals surface area (Å²) in [5, 5.41) is 13.0. The van der Waals surface area contributed by atoms with E-state index in [-0.39, 0.29) is 18.3 Å². The molecular formula is C13H21ClN4. The predicted molar refractivity (Wildman–Crippen MR) is 76.7 cm³/mol. The average molecular weight is 269 g/mol. The third-order valence-corrected chi connectivity index (χ3v) is 3.37. The highest BCUT2D eigenvalue weighted by Gasteiger charge is 2.29. The van der Waals surface area contributed by atoms with E-state index in [0.717, 1.165) is 18.7 Å². The Hall–Kier alpha value is -1.10. The van der Waals surface area contributed by atoms with Gasteiger partial charge in [0.2, 0.25) is 0 Å². The van der Waals surface area contributed by atoms with E-state index in [9.17, 15) is 0 Å². The first-order chi connectivity index (χ1) is 8.18. The normalized spacial score (nSPS) is 22.3. The van der Waals surface area contributed by atoms with Crippen LogP contribution in [0, 0.1) is 17.2 Å². The number of benzene rings is 1. The minimum Gasteiger partial charge on any atom is -0.316 e. The number of hydrogen-bond acceptors (Lipinski definition) is 3. The highest BCUT2D eigenvalue weighted by molar-refractivity contribution is 5.85. The Bertz CT molecular complexity index is 382. The Kier molecular flexibility index (Phi) is 5.59. The largest absolute Gasteiger partial charge is 0.316 e. The quantitative estimate of drug-likeness (QED) is 0.338. The number of rotatable bonds is 3. The second-order valence-electron chi connectivity index (χ2n) is 4.74. The SMILES string of the molecule is C[C@@H]1CNC[C@H]1C(=N)N(N)Cc1ccccc1.Cl. The van der Waals surface area contributed by atoms with Gasteiger partial charge in [0.25, 0.3) is 0 Å². The Morgan fingerprint density at radius 3 is 2.61 bits per heavy atom. The summed E-state index contributed by atoms with van der Waals surface area (Å²) in [7, 11) is 0. The van der Waals surface area contributed by atoms with Crippen LogP contribution in [0.1, 0.15) is 12.5 Å². The van der Waals surface area contributed by atoms with Crippen LogP contribution in [0.3, 0.4) is 0 Å². The Morgan fingerprint density at radius 2 is 2.06 bits per heavy atom. The second kappa shape index (κ2) is 6.73. The zero-order valence-electron chi connectivity index (χ0n) is 10.6. The zero-order valence-corrected chi connectivity index (χ0v) is 11.4. The third-order valence-electron chi connectivity index (χ3n) is 3.37. The molecule has 18 heavy (non-hydrogen) atoms. The van der Waals surface area contributed by atoms with Crippen LogP contribution in [-0.2, 0) is 6.54 Å². The molecule has 0 spiro atoms. The molecule has 2 atom stereocenters. The van der Waals surface area contributed by atoms with Crippen LogP contribution in [0.2, 0.25) is 0 Å². The molecule has 4 nitrogen and oxygen atoms in total. The van der Waals surface area contributed by atoms with Crippen molar-refractivity contribution in [3.05, 3.63) is 35.9 Å². The number of hydrogen-bond donors (Lipinski definition) is 3. The molecule has 1 aromatic carbocycles. The minimum absolute atomic E-state index is 0. The smallest absolute Gasteiger partial charge is 0.115 e. The van der Waals surface area contributed by atoms with Crippen molar-refractivity contribution in [3.8, 4) is 0 Å². The van der Waals surface area contributed by atoms with E-state index in [2.05, 4.69) is 12.2 Å². The van der Waals surface area contributed by atoms with Crippen molar-refractivity contribution in [2.75, 3.05) is 13.1 Å². The maximum absolute atomic E-state index is 8.13. The van der Waals surface area contributed by atoms with Crippen LogP contribution in [-0.4, -0.2) is 23.9 Å². The van der Waals surface area contributed by atoms with Gasteiger partial charge in [0.1, 0.15) is 5.84 Å². The molecule has 5 heteroatoms. The summed E-state index contributed by atoms with van der Waals surface area (Å²) in [6.07, 6.45) is 0. The molecule has 1 aliphatic heterocycles. The lowest BCUT2D eigenvalue weighted by atomic mass is 9.96. The van der Waals surface area contributed by atoms with Gasteiger partial charge >= 0.3 is 0 Å². The maximum atomic E-state index is 8.13. The Balaban J connectivity index is 0.00000162. The van der Waals surface area contributed by atoms with Crippen LogP contribution >= 0.6 is 12.4 Å². The molecule has 100 valence electrons. The lowest BCUT2D eigenvalue weighted by Crippen LogP contribution is -2.42. The van der Waals surface area contributed by atoms with Crippen molar-refractivity contribution in [2.24, 2.45) is 17.7 Å². The fourth-order valence-electron chi connectivity index (χ4n) is 2.25. The standard InChI is InChI=1S/C13H20N4.ClH/c1-10-7-16-8-12(10)13(14)17(15)9-11-5-3-2-4-6-11;/h2-6,10,12,14,16H,7-9,15H2,1H3;1H/t10-,12-;/m1./s1. The van der Waals surface area contributed by atoms with Gasteiger partial charge in [0.05, 0.1) is 6.54 Å². The molecule has 1 saturated heterocycles. The summed E-state index contributed by atoms with van der Waals surface area (Å²) < 4.78 is 0. The molecule has 0 bridgehead atoms. The van der Waals surface area contributed by atoms with E-state index >= 15 is 0 Å². The molecular weight excluding hydrogens is 248 g/mol. The molecule has 0 saturated carbocycles. The predicted octanol–water partition coefficient (Wildman–Crippen LogP) is 1.62. The molecule has 0 aromatic heterocycles. The van der Waals surface area contributed by atoms with Gasteiger partial charge in [0, 0.05) is 12.5 Å². The van der Waals surface area contributed by atoms with Gasteiger partial charge in [-0.15, -0.1) is 12.4 Å². The van der Waals surface area contributed by atoms with Crippen LogP contribution in [0.15, 0.2) is 30.3 Å². The van der Waals surface area contributed by atoms with Crippen molar-refractivity contribution in [1.29, 1.82) is 5.41 Å². The van der Waals surface area contributed by atoms with Crippen LogP contribution < -0.4 is 11.2 Å². The number of nitrogens with one attached hydrogen (secondary N) is 2. The zero-order chi connectivity index (χ0) is 12.3. The van der Waals surface area contributed by atoms with E-state index in [1.165, 1.54) is 0 Å². The first kappa shape index (κ1) is 15.0. The highest BCUT2D eigenvalue weighted by Crippen LogP contribution is 2.18. The summed E-state index contributed by atoms with van der Waals surface area (Å²) in [6.45, 7) is 4.60. The van der Waals surface area contributed by atoms with Crippen LogP contribution in [0.25, 0.3) is 0 Å². The van der Waals surface area contributed by atoms with Crippen LogP contribution in [0.4, 0.5) is 0 Å². The summed E-state index contributed by atoms with van der Waals surface area (Å²) in [6, 6.07) is 10.0. The molecule has 2 rings (SSSR count). The minimum atomic E-state index is 0. The van der Waals surface area contributed by atoms with Gasteiger partial charge in [-0.3, -0.25) is 10.4 Å². The number of halogens is 1. The lowest BCUT2D eigenvalue weighted by Gasteiger charge is -2.25. The molecule has 1 heterocycles. The number of nitrogens with zero attached hydrogens (tertiary/aromatic N) is 1. The summed E-state index contributed by atoms with van der Waals surface area (Å²) in [5.41, 5.74) is 1.14. The fourth-order valence-corrected chi connectivity index (χ4v) is 2.25. The number of nitrogens with two attached hydrogens (primary N) is 1. The van der Waals surface area contributed by atoms with E-state index in [4.69, 9.17) is 11.3 Å². The van der Waals surface area contributed by atoms with Crippen molar-refractivity contribution in [3.63, 3.8) is 0 Å². The lowest BCUT2D eigenvalue weighted by molar-refractivity contribution is 0.386. The Morgan fingerprint density at radius 1 is 1.39 bits per heavy atom. The molecule has 0 radical (unpaired) electrons. The van der Waals surface area contributed by atoms with Gasteiger partial charge < -0.3 is 5.32 Å². The van der Waals surface area contributed by atoms with Crippen molar-refractivity contribution >= 4 is 18.2 Å². The van der Waals surface area contributed by atoms with Gasteiger partial charge in [-0.1, -0.05) is 37.3 Å². The van der Waals surface area contributed by atoms with Crippen molar-refractivity contribution < 1.29 is 0 Å². The number of amidine groups is 1. The molecule has 0 amide bonds. The molecule has 1 aromatic rings. The number of hydrazine groups is 1. The first-order valence-electron chi connectivity index (χ1n) is 6.04. The molecule has 4 N–H and O–H groups in total. The summed E-state index contributed by atoms with van der Waals surface area (Å²) >= 11 is 0. The van der Waals surface area contributed by atoms with Gasteiger partial charge in [-0.25, -0.2) is 5.84 Å². The van der Waals surface area contributed by atoms with Crippen molar-refractivity contribution in [2.45, 2.75) is 13.5 Å². The fraction of sp³-hybridized carbons (Fsp3) is 0.462. The molecule has 0 unspecified atom stereocenters. The first-order valence-corrected chi connectivity index (χ1v) is 6.04. The monoisotopic (exact) mass is 268 g/mol. The van der Waals surface area contributed by atoms with Crippen molar-refractivity contribution in [1.82, 2.24) is 10.3 Å². The van der Waals surface area contributed by atoms with Crippen LogP contribution in [0.5, 0.6) is 0 Å². The van der Waals surface area contributed by atoms with E-state index in [1.807, 2.05) is 30.3 Å². The van der Waals surface area contributed by atoms with Gasteiger partial charge in [-0.2, -0.15) is 0 Å².